The van der Waals surface area contributed by atoms with E-state index in [1.165, 1.54) is 0 Å². The Bertz CT molecular complexity index is 863. The molecule has 0 bridgehead atoms. The van der Waals surface area contributed by atoms with E-state index in [2.05, 4.69) is 14.9 Å². The van der Waals surface area contributed by atoms with Gasteiger partial charge in [0.1, 0.15) is 0 Å². The number of amides is 2. The van der Waals surface area contributed by atoms with Gasteiger partial charge in [0, 0.05) is 58.9 Å². The summed E-state index contributed by atoms with van der Waals surface area (Å²) in [5.41, 5.74) is 0.938. The molecule has 2 N–H and O–H groups in total. The van der Waals surface area contributed by atoms with E-state index in [4.69, 9.17) is 4.74 Å². The molecule has 2 fully saturated rings. The maximum absolute atomic E-state index is 12.6. The fourth-order valence-corrected chi connectivity index (χ4v) is 4.90. The Kier molecular flexibility index (Phi) is 9.03. The van der Waals surface area contributed by atoms with Crippen molar-refractivity contribution >= 4 is 21.8 Å². The number of hydrogen-bond donors (Lipinski definition) is 2. The molecule has 1 aliphatic heterocycles. The molecule has 1 aliphatic carbocycles. The van der Waals surface area contributed by atoms with Gasteiger partial charge in [0.15, 0.2) is 0 Å². The molecule has 1 aromatic rings. The first-order valence-corrected chi connectivity index (χ1v) is 12.7. The zero-order chi connectivity index (χ0) is 23.0. The molecule has 1 aromatic carbocycles. The number of nitrogens with zero attached hydrogens (tertiary/aromatic N) is 2. The average Bonchev–Trinajstić information content (AvgIpc) is 3.59. The van der Waals surface area contributed by atoms with Gasteiger partial charge < -0.3 is 15.0 Å². The van der Waals surface area contributed by atoms with E-state index < -0.39 is 10.0 Å². The summed E-state index contributed by atoms with van der Waals surface area (Å²) in [4.78, 5) is 28.7. The Balaban J connectivity index is 1.35. The number of sulfonamides is 1. The first-order valence-electron chi connectivity index (χ1n) is 11.2. The van der Waals surface area contributed by atoms with Gasteiger partial charge in [-0.25, -0.2) is 13.1 Å². The highest BCUT2D eigenvalue weighted by Crippen LogP contribution is 2.22. The van der Waals surface area contributed by atoms with Crippen molar-refractivity contribution in [2.45, 2.75) is 43.0 Å². The lowest BCUT2D eigenvalue weighted by atomic mass is 10.1. The van der Waals surface area contributed by atoms with Gasteiger partial charge in [0.05, 0.1) is 11.4 Å². The van der Waals surface area contributed by atoms with Crippen LogP contribution in [-0.4, -0.2) is 89.1 Å². The third-order valence-corrected chi connectivity index (χ3v) is 7.24. The van der Waals surface area contributed by atoms with Crippen LogP contribution in [0.25, 0.3) is 0 Å². The summed E-state index contributed by atoms with van der Waals surface area (Å²) < 4.78 is 32.1. The van der Waals surface area contributed by atoms with E-state index in [1.807, 2.05) is 4.90 Å². The molecule has 1 saturated carbocycles. The first kappa shape index (κ1) is 24.6. The number of carbonyl (C=O) groups excluding carboxylic acids is 2. The van der Waals surface area contributed by atoms with Gasteiger partial charge in [-0.15, -0.1) is 0 Å². The predicted octanol–water partition coefficient (Wildman–Crippen LogP) is 0.357. The molecule has 10 heteroatoms. The Morgan fingerprint density at radius 2 is 1.78 bits per heavy atom. The van der Waals surface area contributed by atoms with Crippen molar-refractivity contribution in [2.75, 3.05) is 53.0 Å². The minimum atomic E-state index is -3.45. The number of rotatable bonds is 12. The number of methoxy groups -OCH3 is 1. The summed E-state index contributed by atoms with van der Waals surface area (Å²) in [7, 11) is -1.81. The van der Waals surface area contributed by atoms with Crippen molar-refractivity contribution in [1.82, 2.24) is 19.8 Å². The summed E-state index contributed by atoms with van der Waals surface area (Å²) in [6.07, 6.45) is 3.54. The second kappa shape index (κ2) is 11.7. The van der Waals surface area contributed by atoms with Gasteiger partial charge in [-0.05, 0) is 43.4 Å². The fraction of sp³-hybridized carbons (Fsp3) is 0.636. The van der Waals surface area contributed by atoms with E-state index in [1.54, 1.807) is 31.4 Å². The van der Waals surface area contributed by atoms with Crippen LogP contribution < -0.4 is 10.0 Å². The molecular formula is C22H34N4O5S. The van der Waals surface area contributed by atoms with Crippen LogP contribution >= 0.6 is 0 Å². The summed E-state index contributed by atoms with van der Waals surface area (Å²) in [5, 5.41) is 2.88. The van der Waals surface area contributed by atoms with Crippen LogP contribution in [0.4, 0.5) is 0 Å². The van der Waals surface area contributed by atoms with Gasteiger partial charge in [-0.1, -0.05) is 12.1 Å². The number of hydrogen-bond acceptors (Lipinski definition) is 6. The van der Waals surface area contributed by atoms with Crippen LogP contribution in [-0.2, 0) is 30.8 Å². The van der Waals surface area contributed by atoms with Crippen LogP contribution in [0.1, 0.15) is 31.2 Å². The van der Waals surface area contributed by atoms with E-state index in [9.17, 15) is 18.0 Å². The first-order chi connectivity index (χ1) is 15.4. The van der Waals surface area contributed by atoms with Crippen LogP contribution in [0.3, 0.4) is 0 Å². The van der Waals surface area contributed by atoms with Crippen LogP contribution in [0.15, 0.2) is 29.2 Å². The molecule has 0 atom stereocenters. The van der Waals surface area contributed by atoms with E-state index in [-0.39, 0.29) is 22.8 Å². The quantitative estimate of drug-likeness (QED) is 0.431. The van der Waals surface area contributed by atoms with Gasteiger partial charge in [-0.3, -0.25) is 14.5 Å². The molecule has 0 spiro atoms. The molecule has 0 aromatic heterocycles. The zero-order valence-corrected chi connectivity index (χ0v) is 19.5. The van der Waals surface area contributed by atoms with E-state index in [0.29, 0.717) is 58.7 Å². The lowest BCUT2D eigenvalue weighted by Gasteiger charge is -2.34. The van der Waals surface area contributed by atoms with Crippen LogP contribution in [0.5, 0.6) is 0 Å². The highest BCUT2D eigenvalue weighted by atomic mass is 32.2. The number of aryl methyl sites for hydroxylation is 1. The third kappa shape index (κ3) is 7.84. The Morgan fingerprint density at radius 3 is 2.41 bits per heavy atom. The van der Waals surface area contributed by atoms with Crippen molar-refractivity contribution < 1.29 is 22.7 Å². The number of ether oxygens (including phenoxy) is 1. The lowest BCUT2D eigenvalue weighted by Crippen LogP contribution is -2.51. The van der Waals surface area contributed by atoms with Crippen molar-refractivity contribution in [1.29, 1.82) is 0 Å². The monoisotopic (exact) mass is 466 g/mol. The number of nitrogens with one attached hydrogen (secondary N) is 2. The molecule has 32 heavy (non-hydrogen) atoms. The molecule has 9 nitrogen and oxygen atoms in total. The number of piperazine rings is 1. The van der Waals surface area contributed by atoms with Crippen LogP contribution in [0, 0.1) is 0 Å². The van der Waals surface area contributed by atoms with E-state index >= 15 is 0 Å². The molecule has 0 unspecified atom stereocenters. The topological polar surface area (TPSA) is 108 Å². The maximum atomic E-state index is 12.6. The Labute approximate surface area is 190 Å². The maximum Gasteiger partial charge on any atom is 0.240 e. The van der Waals surface area contributed by atoms with Gasteiger partial charge in [-0.2, -0.15) is 0 Å². The zero-order valence-electron chi connectivity index (χ0n) is 18.7. The standard InChI is InChI=1S/C22H34N4O5S/c1-31-16-2-11-23-21(27)17-25-12-14-26(15-13-25)22(28)10-5-18-3-8-20(9-4-18)32(29,30)24-19-6-7-19/h3-4,8-9,19,24H,2,5-7,10-17H2,1H3,(H,23,27). The SMILES string of the molecule is COCCCNC(=O)CN1CCN(C(=O)CCc2ccc(S(=O)(=O)NC3CC3)cc2)CC1. The molecule has 3 rings (SSSR count). The Hall–Kier alpha value is -2.01. The largest absolute Gasteiger partial charge is 0.385 e. The summed E-state index contributed by atoms with van der Waals surface area (Å²) in [6.45, 7) is 4.16. The molecule has 178 valence electrons. The smallest absolute Gasteiger partial charge is 0.240 e. The number of benzene rings is 1. The van der Waals surface area contributed by atoms with Crippen molar-refractivity contribution in [3.05, 3.63) is 29.8 Å². The van der Waals surface area contributed by atoms with Crippen molar-refractivity contribution in [2.24, 2.45) is 0 Å². The van der Waals surface area contributed by atoms with Gasteiger partial charge in [0.25, 0.3) is 0 Å². The summed E-state index contributed by atoms with van der Waals surface area (Å²) in [6, 6.07) is 6.83. The second-order valence-corrected chi connectivity index (χ2v) is 10.1. The van der Waals surface area contributed by atoms with Crippen molar-refractivity contribution in [3.8, 4) is 0 Å². The minimum absolute atomic E-state index is 0.00123. The minimum Gasteiger partial charge on any atom is -0.385 e. The summed E-state index contributed by atoms with van der Waals surface area (Å²) in [5.74, 6) is 0.0828. The highest BCUT2D eigenvalue weighted by Gasteiger charge is 2.28. The summed E-state index contributed by atoms with van der Waals surface area (Å²) >= 11 is 0. The Morgan fingerprint density at radius 1 is 1.09 bits per heavy atom. The second-order valence-electron chi connectivity index (χ2n) is 8.39. The average molecular weight is 467 g/mol. The third-order valence-electron chi connectivity index (χ3n) is 5.70. The molecule has 0 radical (unpaired) electrons. The molecule has 2 amide bonds. The van der Waals surface area contributed by atoms with Gasteiger partial charge in [0.2, 0.25) is 21.8 Å². The highest BCUT2D eigenvalue weighted by molar-refractivity contribution is 7.89. The van der Waals surface area contributed by atoms with E-state index in [0.717, 1.165) is 24.8 Å². The van der Waals surface area contributed by atoms with Gasteiger partial charge >= 0.3 is 0 Å². The predicted molar refractivity (Wildman–Crippen MR) is 121 cm³/mol. The fourth-order valence-electron chi connectivity index (χ4n) is 3.59. The van der Waals surface area contributed by atoms with Crippen LogP contribution in [0.2, 0.25) is 0 Å². The molecule has 1 saturated heterocycles. The number of carbonyl (C=O) groups is 2. The molecule has 1 heterocycles. The molecular weight excluding hydrogens is 432 g/mol. The molecule has 2 aliphatic rings. The lowest BCUT2D eigenvalue weighted by molar-refractivity contribution is -0.133. The van der Waals surface area contributed by atoms with Crippen molar-refractivity contribution in [3.63, 3.8) is 0 Å². The normalized spacial score (nSPS) is 17.3.